The SMILES string of the molecule is Cc1nc(NN=Cc2ccc(C(C)C)cc2)sc1C. The minimum absolute atomic E-state index is 0.561. The summed E-state index contributed by atoms with van der Waals surface area (Å²) < 4.78 is 0. The average Bonchev–Trinajstić information content (AvgIpc) is 2.69. The van der Waals surface area contributed by atoms with Gasteiger partial charge in [0.1, 0.15) is 0 Å². The lowest BCUT2D eigenvalue weighted by atomic mass is 10.0. The molecule has 0 bridgehead atoms. The molecule has 1 aromatic carbocycles. The van der Waals surface area contributed by atoms with Crippen LogP contribution in [0, 0.1) is 13.8 Å². The number of aryl methyl sites for hydroxylation is 2. The number of nitrogens with zero attached hydrogens (tertiary/aromatic N) is 2. The van der Waals surface area contributed by atoms with Crippen LogP contribution in [0.2, 0.25) is 0 Å². The quantitative estimate of drug-likeness (QED) is 0.665. The molecule has 0 saturated heterocycles. The molecule has 1 N–H and O–H groups in total. The molecule has 0 radical (unpaired) electrons. The van der Waals surface area contributed by atoms with Crippen molar-refractivity contribution in [3.8, 4) is 0 Å². The summed E-state index contributed by atoms with van der Waals surface area (Å²) in [7, 11) is 0. The van der Waals surface area contributed by atoms with E-state index >= 15 is 0 Å². The van der Waals surface area contributed by atoms with E-state index in [4.69, 9.17) is 0 Å². The van der Waals surface area contributed by atoms with Gasteiger partial charge in [-0.05, 0) is 30.9 Å². The maximum absolute atomic E-state index is 4.37. The average molecular weight is 273 g/mol. The molecule has 0 aliphatic rings. The molecule has 0 saturated carbocycles. The molecule has 19 heavy (non-hydrogen) atoms. The first-order valence-electron chi connectivity index (χ1n) is 6.39. The van der Waals surface area contributed by atoms with Crippen LogP contribution in [0.15, 0.2) is 29.4 Å². The molecule has 0 aliphatic carbocycles. The second-order valence-electron chi connectivity index (χ2n) is 4.85. The Morgan fingerprint density at radius 2 is 1.89 bits per heavy atom. The molecule has 0 aliphatic heterocycles. The highest BCUT2D eigenvalue weighted by Crippen LogP contribution is 2.20. The monoisotopic (exact) mass is 273 g/mol. The van der Waals surface area contributed by atoms with Crippen LogP contribution in [0.1, 0.15) is 41.5 Å². The number of hydrogen-bond donors (Lipinski definition) is 1. The predicted molar refractivity (Wildman–Crippen MR) is 83.3 cm³/mol. The Morgan fingerprint density at radius 1 is 1.21 bits per heavy atom. The van der Waals surface area contributed by atoms with Crippen molar-refractivity contribution >= 4 is 22.7 Å². The zero-order chi connectivity index (χ0) is 13.8. The van der Waals surface area contributed by atoms with Crippen LogP contribution in [0.25, 0.3) is 0 Å². The van der Waals surface area contributed by atoms with E-state index in [-0.39, 0.29) is 0 Å². The van der Waals surface area contributed by atoms with Crippen LogP contribution >= 0.6 is 11.3 Å². The number of hydrogen-bond acceptors (Lipinski definition) is 4. The summed E-state index contributed by atoms with van der Waals surface area (Å²) in [5, 5.41) is 5.05. The van der Waals surface area contributed by atoms with E-state index in [0.29, 0.717) is 5.92 Å². The first kappa shape index (κ1) is 13.7. The Morgan fingerprint density at radius 3 is 2.42 bits per heavy atom. The largest absolute Gasteiger partial charge is 0.253 e. The molecule has 2 aromatic rings. The van der Waals surface area contributed by atoms with E-state index in [1.807, 2.05) is 13.1 Å². The molecule has 0 fully saturated rings. The molecule has 1 aromatic heterocycles. The topological polar surface area (TPSA) is 37.3 Å². The minimum atomic E-state index is 0.561. The second kappa shape index (κ2) is 5.97. The van der Waals surface area contributed by atoms with Gasteiger partial charge < -0.3 is 0 Å². The van der Waals surface area contributed by atoms with Crippen molar-refractivity contribution in [2.75, 3.05) is 5.43 Å². The van der Waals surface area contributed by atoms with Crippen LogP contribution in [0.5, 0.6) is 0 Å². The highest BCUT2D eigenvalue weighted by atomic mass is 32.1. The van der Waals surface area contributed by atoms with E-state index in [9.17, 15) is 0 Å². The summed E-state index contributed by atoms with van der Waals surface area (Å²) in [6.07, 6.45) is 1.82. The molecule has 100 valence electrons. The Hall–Kier alpha value is -1.68. The van der Waals surface area contributed by atoms with Crippen molar-refractivity contribution in [2.24, 2.45) is 5.10 Å². The van der Waals surface area contributed by atoms with Crippen LogP contribution in [-0.4, -0.2) is 11.2 Å². The molecule has 0 unspecified atom stereocenters. The van der Waals surface area contributed by atoms with Crippen molar-refractivity contribution in [3.05, 3.63) is 46.0 Å². The highest BCUT2D eigenvalue weighted by molar-refractivity contribution is 7.15. The van der Waals surface area contributed by atoms with Crippen LogP contribution in [0.3, 0.4) is 0 Å². The van der Waals surface area contributed by atoms with Gasteiger partial charge in [0, 0.05) is 4.88 Å². The lowest BCUT2D eigenvalue weighted by Gasteiger charge is -2.04. The fraction of sp³-hybridized carbons (Fsp3) is 0.333. The Bertz CT molecular complexity index is 548. The second-order valence-corrected chi connectivity index (χ2v) is 6.06. The van der Waals surface area contributed by atoms with E-state index < -0.39 is 0 Å². The zero-order valence-electron chi connectivity index (χ0n) is 11.8. The lowest BCUT2D eigenvalue weighted by Crippen LogP contribution is -1.91. The van der Waals surface area contributed by atoms with E-state index in [1.54, 1.807) is 11.3 Å². The summed E-state index contributed by atoms with van der Waals surface area (Å²) in [6.45, 7) is 8.45. The standard InChI is InChI=1S/C15H19N3S/c1-10(2)14-7-5-13(6-8-14)9-16-18-15-17-11(3)12(4)19-15/h5-10H,1-4H3,(H,17,18). The summed E-state index contributed by atoms with van der Waals surface area (Å²) in [5.74, 6) is 0.561. The number of anilines is 1. The van der Waals surface area contributed by atoms with Crippen LogP contribution in [0.4, 0.5) is 5.13 Å². The van der Waals surface area contributed by atoms with Gasteiger partial charge in [-0.25, -0.2) is 4.98 Å². The van der Waals surface area contributed by atoms with Crippen molar-refractivity contribution in [1.82, 2.24) is 4.98 Å². The maximum Gasteiger partial charge on any atom is 0.203 e. The maximum atomic E-state index is 4.37. The zero-order valence-corrected chi connectivity index (χ0v) is 12.6. The Kier molecular flexibility index (Phi) is 4.32. The van der Waals surface area contributed by atoms with E-state index in [2.05, 4.69) is 60.5 Å². The van der Waals surface area contributed by atoms with E-state index in [1.165, 1.54) is 10.4 Å². The third kappa shape index (κ3) is 3.64. The Labute approximate surface area is 118 Å². The first-order valence-corrected chi connectivity index (χ1v) is 7.21. The highest BCUT2D eigenvalue weighted by Gasteiger charge is 2.01. The van der Waals surface area contributed by atoms with Gasteiger partial charge in [0.25, 0.3) is 0 Å². The number of thiazole rings is 1. The first-order chi connectivity index (χ1) is 9.06. The number of hydrazone groups is 1. The molecule has 0 amide bonds. The van der Waals surface area contributed by atoms with Crippen molar-refractivity contribution in [2.45, 2.75) is 33.6 Å². The molecular weight excluding hydrogens is 254 g/mol. The van der Waals surface area contributed by atoms with Gasteiger partial charge in [-0.15, -0.1) is 11.3 Å². The van der Waals surface area contributed by atoms with Crippen molar-refractivity contribution < 1.29 is 0 Å². The van der Waals surface area contributed by atoms with Crippen molar-refractivity contribution in [1.29, 1.82) is 0 Å². The van der Waals surface area contributed by atoms with Gasteiger partial charge in [0.2, 0.25) is 5.13 Å². The lowest BCUT2D eigenvalue weighted by molar-refractivity contribution is 0.866. The summed E-state index contributed by atoms with van der Waals surface area (Å²) in [5.41, 5.74) is 6.46. The fourth-order valence-electron chi connectivity index (χ4n) is 1.65. The molecule has 2 rings (SSSR count). The fourth-order valence-corrected chi connectivity index (χ4v) is 2.41. The van der Waals surface area contributed by atoms with Gasteiger partial charge in [0.15, 0.2) is 0 Å². The smallest absolute Gasteiger partial charge is 0.203 e. The molecule has 3 nitrogen and oxygen atoms in total. The summed E-state index contributed by atoms with van der Waals surface area (Å²) >= 11 is 1.62. The Balaban J connectivity index is 1.98. The number of rotatable bonds is 4. The van der Waals surface area contributed by atoms with E-state index in [0.717, 1.165) is 16.4 Å². The normalized spacial score (nSPS) is 11.4. The van der Waals surface area contributed by atoms with Gasteiger partial charge in [-0.1, -0.05) is 38.1 Å². The molecular formula is C15H19N3S. The molecule has 0 atom stereocenters. The number of benzene rings is 1. The van der Waals surface area contributed by atoms with Gasteiger partial charge in [-0.2, -0.15) is 5.10 Å². The van der Waals surface area contributed by atoms with Crippen molar-refractivity contribution in [3.63, 3.8) is 0 Å². The van der Waals surface area contributed by atoms with Crippen LogP contribution < -0.4 is 5.43 Å². The predicted octanol–water partition coefficient (Wildman–Crippen LogP) is 4.33. The van der Waals surface area contributed by atoms with Crippen LogP contribution in [-0.2, 0) is 0 Å². The summed E-state index contributed by atoms with van der Waals surface area (Å²) in [4.78, 5) is 5.59. The number of aromatic nitrogens is 1. The van der Waals surface area contributed by atoms with Gasteiger partial charge >= 0.3 is 0 Å². The van der Waals surface area contributed by atoms with Gasteiger partial charge in [0.05, 0.1) is 11.9 Å². The number of nitrogens with one attached hydrogen (secondary N) is 1. The minimum Gasteiger partial charge on any atom is -0.253 e. The molecule has 1 heterocycles. The third-order valence-electron chi connectivity index (χ3n) is 3.01. The molecule has 0 spiro atoms. The molecule has 4 heteroatoms. The van der Waals surface area contributed by atoms with Gasteiger partial charge in [-0.3, -0.25) is 5.43 Å². The summed E-state index contributed by atoms with van der Waals surface area (Å²) in [6, 6.07) is 8.45. The third-order valence-corrected chi connectivity index (χ3v) is 3.98.